The van der Waals surface area contributed by atoms with Crippen molar-refractivity contribution in [2.24, 2.45) is 0 Å². The highest BCUT2D eigenvalue weighted by atomic mass is 16.5. The minimum atomic E-state index is -0.0306. The van der Waals surface area contributed by atoms with Crippen LogP contribution in [-0.2, 0) is 4.74 Å². The zero-order valence-electron chi connectivity index (χ0n) is 9.70. The molecular weight excluding hydrogens is 190 g/mol. The Morgan fingerprint density at radius 3 is 3.00 bits per heavy atom. The molecule has 0 amide bonds. The fourth-order valence-corrected chi connectivity index (χ4v) is 1.85. The van der Waals surface area contributed by atoms with E-state index in [0.29, 0.717) is 6.10 Å². The molecule has 2 unspecified atom stereocenters. The molecule has 0 spiro atoms. The molecule has 0 aromatic carbocycles. The van der Waals surface area contributed by atoms with Crippen LogP contribution in [0.15, 0.2) is 0 Å². The van der Waals surface area contributed by atoms with Gasteiger partial charge in [0.2, 0.25) is 0 Å². The van der Waals surface area contributed by atoms with E-state index in [1.165, 1.54) is 12.8 Å². The van der Waals surface area contributed by atoms with Gasteiger partial charge in [-0.15, -0.1) is 0 Å². The van der Waals surface area contributed by atoms with E-state index in [4.69, 9.17) is 10.00 Å². The number of ether oxygens (including phenoxy) is 1. The fraction of sp³-hybridized carbons (Fsp3) is 0.909. The number of hydrogen-bond acceptors (Lipinski definition) is 4. The normalized spacial score (nSPS) is 22.9. The van der Waals surface area contributed by atoms with Gasteiger partial charge in [-0.05, 0) is 33.4 Å². The third kappa shape index (κ3) is 4.61. The quantitative estimate of drug-likeness (QED) is 0.699. The second-order valence-electron chi connectivity index (χ2n) is 4.16. The summed E-state index contributed by atoms with van der Waals surface area (Å²) in [6, 6.07) is 2.20. The topological polar surface area (TPSA) is 48.3 Å². The van der Waals surface area contributed by atoms with Gasteiger partial charge in [0.15, 0.2) is 0 Å². The molecule has 86 valence electrons. The second-order valence-corrected chi connectivity index (χ2v) is 4.16. The van der Waals surface area contributed by atoms with Crippen LogP contribution in [0.1, 0.15) is 19.3 Å². The van der Waals surface area contributed by atoms with Gasteiger partial charge in [0, 0.05) is 19.7 Å². The van der Waals surface area contributed by atoms with Crippen LogP contribution in [0.25, 0.3) is 0 Å². The zero-order valence-corrected chi connectivity index (χ0v) is 9.70. The van der Waals surface area contributed by atoms with Gasteiger partial charge < -0.3 is 15.0 Å². The maximum Gasteiger partial charge on any atom is 0.0962 e. The van der Waals surface area contributed by atoms with Crippen molar-refractivity contribution in [2.75, 3.05) is 33.8 Å². The Morgan fingerprint density at radius 2 is 2.47 bits per heavy atom. The highest BCUT2D eigenvalue weighted by molar-refractivity contribution is 4.88. The first-order valence-electron chi connectivity index (χ1n) is 5.63. The van der Waals surface area contributed by atoms with E-state index in [-0.39, 0.29) is 6.04 Å². The van der Waals surface area contributed by atoms with Gasteiger partial charge >= 0.3 is 0 Å². The summed E-state index contributed by atoms with van der Waals surface area (Å²) >= 11 is 0. The van der Waals surface area contributed by atoms with E-state index in [1.807, 2.05) is 7.05 Å². The molecular formula is C11H21N3O. The van der Waals surface area contributed by atoms with Crippen LogP contribution in [-0.4, -0.2) is 50.8 Å². The number of nitrogens with one attached hydrogen (secondary N) is 1. The van der Waals surface area contributed by atoms with Crippen LogP contribution in [0.5, 0.6) is 0 Å². The van der Waals surface area contributed by atoms with Crippen LogP contribution >= 0.6 is 0 Å². The van der Waals surface area contributed by atoms with Crippen LogP contribution in [0.4, 0.5) is 0 Å². The highest BCUT2D eigenvalue weighted by Crippen LogP contribution is 2.12. The second kappa shape index (κ2) is 6.78. The van der Waals surface area contributed by atoms with E-state index < -0.39 is 0 Å². The molecule has 2 atom stereocenters. The number of nitrogens with zero attached hydrogens (tertiary/aromatic N) is 2. The van der Waals surface area contributed by atoms with Crippen molar-refractivity contribution in [1.29, 1.82) is 5.26 Å². The Kier molecular flexibility index (Phi) is 5.62. The fourth-order valence-electron chi connectivity index (χ4n) is 1.85. The molecule has 4 nitrogen and oxygen atoms in total. The van der Waals surface area contributed by atoms with E-state index in [0.717, 1.165) is 26.1 Å². The van der Waals surface area contributed by atoms with Crippen molar-refractivity contribution >= 4 is 0 Å². The zero-order chi connectivity index (χ0) is 11.1. The number of rotatable bonds is 6. The van der Waals surface area contributed by atoms with Crippen LogP contribution in [0.3, 0.4) is 0 Å². The maximum atomic E-state index is 8.77. The summed E-state index contributed by atoms with van der Waals surface area (Å²) in [5.74, 6) is 0. The first-order chi connectivity index (χ1) is 7.26. The average Bonchev–Trinajstić information content (AvgIpc) is 2.72. The summed E-state index contributed by atoms with van der Waals surface area (Å²) in [5.41, 5.74) is 0. The van der Waals surface area contributed by atoms with Crippen molar-refractivity contribution in [3.8, 4) is 6.07 Å². The SMILES string of the molecule is CNC(C#N)CCN(C)CC1CCCO1. The maximum absolute atomic E-state index is 8.77. The molecule has 1 saturated heterocycles. The van der Waals surface area contributed by atoms with Crippen molar-refractivity contribution in [1.82, 2.24) is 10.2 Å². The monoisotopic (exact) mass is 211 g/mol. The molecule has 4 heteroatoms. The summed E-state index contributed by atoms with van der Waals surface area (Å²) in [6.45, 7) is 2.84. The number of hydrogen-bond donors (Lipinski definition) is 1. The predicted molar refractivity (Wildman–Crippen MR) is 59.5 cm³/mol. The first kappa shape index (κ1) is 12.4. The van der Waals surface area contributed by atoms with Gasteiger partial charge in [-0.1, -0.05) is 0 Å². The van der Waals surface area contributed by atoms with Gasteiger partial charge in [-0.3, -0.25) is 0 Å². The first-order valence-corrected chi connectivity index (χ1v) is 5.63. The molecule has 1 rings (SSSR count). The summed E-state index contributed by atoms with van der Waals surface area (Å²) in [5, 5.41) is 11.7. The van der Waals surface area contributed by atoms with Gasteiger partial charge in [0.05, 0.1) is 18.2 Å². The predicted octanol–water partition coefficient (Wildman–Crippen LogP) is 0.599. The molecule has 1 aliphatic rings. The number of nitriles is 1. The summed E-state index contributed by atoms with van der Waals surface area (Å²) in [4.78, 5) is 2.25. The molecule has 0 radical (unpaired) electrons. The molecule has 0 aliphatic carbocycles. The van der Waals surface area contributed by atoms with Gasteiger partial charge in [0.1, 0.15) is 0 Å². The van der Waals surface area contributed by atoms with E-state index in [9.17, 15) is 0 Å². The van der Waals surface area contributed by atoms with E-state index in [2.05, 4.69) is 23.3 Å². The highest BCUT2D eigenvalue weighted by Gasteiger charge is 2.17. The third-order valence-electron chi connectivity index (χ3n) is 2.84. The van der Waals surface area contributed by atoms with E-state index in [1.54, 1.807) is 0 Å². The van der Waals surface area contributed by atoms with Crippen LogP contribution in [0, 0.1) is 11.3 Å². The molecule has 1 fully saturated rings. The minimum absolute atomic E-state index is 0.0306. The molecule has 1 aliphatic heterocycles. The van der Waals surface area contributed by atoms with E-state index >= 15 is 0 Å². The Hall–Kier alpha value is -0.630. The van der Waals surface area contributed by atoms with Gasteiger partial charge in [0.25, 0.3) is 0 Å². The third-order valence-corrected chi connectivity index (χ3v) is 2.84. The van der Waals surface area contributed by atoms with Crippen molar-refractivity contribution in [3.05, 3.63) is 0 Å². The summed E-state index contributed by atoms with van der Waals surface area (Å²) in [7, 11) is 3.92. The van der Waals surface area contributed by atoms with Gasteiger partial charge in [-0.25, -0.2) is 0 Å². The molecule has 0 aromatic rings. The molecule has 0 bridgehead atoms. The lowest BCUT2D eigenvalue weighted by Crippen LogP contribution is -2.33. The van der Waals surface area contributed by atoms with Crippen molar-refractivity contribution in [3.63, 3.8) is 0 Å². The smallest absolute Gasteiger partial charge is 0.0962 e. The standard InChI is InChI=1S/C11H21N3O/c1-13-10(8-12)5-6-14(2)9-11-4-3-7-15-11/h10-11,13H,3-7,9H2,1-2H3. The summed E-state index contributed by atoms with van der Waals surface area (Å²) in [6.07, 6.45) is 3.65. The van der Waals surface area contributed by atoms with Crippen molar-refractivity contribution in [2.45, 2.75) is 31.4 Å². The largest absolute Gasteiger partial charge is 0.377 e. The number of likely N-dealkylation sites (N-methyl/N-ethyl adjacent to an activating group) is 1. The Balaban J connectivity index is 2.12. The Labute approximate surface area is 92.2 Å². The lowest BCUT2D eigenvalue weighted by Gasteiger charge is -2.21. The molecule has 1 N–H and O–H groups in total. The molecule has 1 heterocycles. The lowest BCUT2D eigenvalue weighted by molar-refractivity contribution is 0.0806. The van der Waals surface area contributed by atoms with Crippen LogP contribution in [0.2, 0.25) is 0 Å². The molecule has 0 aromatic heterocycles. The summed E-state index contributed by atoms with van der Waals surface area (Å²) < 4.78 is 5.56. The van der Waals surface area contributed by atoms with Crippen molar-refractivity contribution < 1.29 is 4.74 Å². The van der Waals surface area contributed by atoms with Crippen LogP contribution < -0.4 is 5.32 Å². The molecule has 15 heavy (non-hydrogen) atoms. The Morgan fingerprint density at radius 1 is 1.67 bits per heavy atom. The van der Waals surface area contributed by atoms with Gasteiger partial charge in [-0.2, -0.15) is 5.26 Å². The lowest BCUT2D eigenvalue weighted by atomic mass is 10.2. The molecule has 0 saturated carbocycles. The average molecular weight is 211 g/mol. The Bertz CT molecular complexity index is 208. The minimum Gasteiger partial charge on any atom is -0.377 e.